The van der Waals surface area contributed by atoms with E-state index in [0.717, 1.165) is 0 Å². The molecule has 0 aromatic heterocycles. The maximum absolute atomic E-state index is 13.0. The van der Waals surface area contributed by atoms with Gasteiger partial charge in [0.25, 0.3) is 0 Å². The number of rotatable bonds is 2. The van der Waals surface area contributed by atoms with E-state index in [2.05, 4.69) is 20.7 Å². The highest BCUT2D eigenvalue weighted by molar-refractivity contribution is 9.10. The molecule has 0 unspecified atom stereocenters. The predicted molar refractivity (Wildman–Crippen MR) is 54.8 cm³/mol. The zero-order chi connectivity index (χ0) is 10.7. The van der Waals surface area contributed by atoms with Gasteiger partial charge in [0.05, 0.1) is 18.6 Å². The first-order chi connectivity index (χ1) is 6.56. The molecule has 0 N–H and O–H groups in total. The smallest absolute Gasteiger partial charge is 0.310 e. The summed E-state index contributed by atoms with van der Waals surface area (Å²) in [5.41, 5.74) is 0.401. The zero-order valence-corrected chi connectivity index (χ0v) is 9.65. The summed E-state index contributed by atoms with van der Waals surface area (Å²) >= 11 is 8.87. The highest BCUT2D eigenvalue weighted by Gasteiger charge is 2.13. The molecule has 0 radical (unpaired) electrons. The second-order valence-corrected chi connectivity index (χ2v) is 3.81. The first-order valence-corrected chi connectivity index (χ1v) is 4.92. The average molecular weight is 282 g/mol. The number of carbonyl (C=O) groups excluding carboxylic acids is 1. The molecule has 0 atom stereocenters. The van der Waals surface area contributed by atoms with Crippen LogP contribution >= 0.6 is 27.5 Å². The van der Waals surface area contributed by atoms with Gasteiger partial charge in [0, 0.05) is 4.47 Å². The van der Waals surface area contributed by atoms with Crippen molar-refractivity contribution in [3.8, 4) is 0 Å². The van der Waals surface area contributed by atoms with Crippen LogP contribution in [0.2, 0.25) is 5.02 Å². The van der Waals surface area contributed by atoms with Crippen LogP contribution in [0.4, 0.5) is 4.39 Å². The lowest BCUT2D eigenvalue weighted by Gasteiger charge is -2.06. The topological polar surface area (TPSA) is 26.3 Å². The van der Waals surface area contributed by atoms with Crippen LogP contribution in [0.5, 0.6) is 0 Å². The van der Waals surface area contributed by atoms with Crippen molar-refractivity contribution in [2.24, 2.45) is 0 Å². The summed E-state index contributed by atoms with van der Waals surface area (Å²) in [5.74, 6) is -1.01. The summed E-state index contributed by atoms with van der Waals surface area (Å²) in [6.07, 6.45) is -0.0479. The van der Waals surface area contributed by atoms with E-state index in [1.807, 2.05) is 0 Å². The van der Waals surface area contributed by atoms with Crippen molar-refractivity contribution >= 4 is 33.5 Å². The fourth-order valence-corrected chi connectivity index (χ4v) is 1.76. The second-order valence-electron chi connectivity index (χ2n) is 2.57. The highest BCUT2D eigenvalue weighted by Crippen LogP contribution is 2.28. The van der Waals surface area contributed by atoms with Crippen molar-refractivity contribution in [2.75, 3.05) is 7.11 Å². The maximum Gasteiger partial charge on any atom is 0.310 e. The van der Waals surface area contributed by atoms with E-state index in [0.29, 0.717) is 10.0 Å². The van der Waals surface area contributed by atoms with Crippen LogP contribution in [0.15, 0.2) is 16.6 Å². The third kappa shape index (κ3) is 2.45. The standard InChI is InChI=1S/C9H7BrClFO2/c1-14-8(13)4-5-6(10)2-3-7(12)9(5)11/h2-3H,4H2,1H3. The SMILES string of the molecule is COC(=O)Cc1c(Br)ccc(F)c1Cl. The molecule has 0 spiro atoms. The Morgan fingerprint density at radius 1 is 1.64 bits per heavy atom. The van der Waals surface area contributed by atoms with E-state index >= 15 is 0 Å². The van der Waals surface area contributed by atoms with E-state index in [9.17, 15) is 9.18 Å². The molecule has 0 amide bonds. The fourth-order valence-electron chi connectivity index (χ4n) is 0.948. The number of benzene rings is 1. The Morgan fingerprint density at radius 2 is 2.29 bits per heavy atom. The van der Waals surface area contributed by atoms with Gasteiger partial charge >= 0.3 is 5.97 Å². The van der Waals surface area contributed by atoms with Crippen molar-refractivity contribution in [1.82, 2.24) is 0 Å². The van der Waals surface area contributed by atoms with Crippen LogP contribution in [0, 0.1) is 5.82 Å². The van der Waals surface area contributed by atoms with Crippen LogP contribution in [-0.4, -0.2) is 13.1 Å². The largest absolute Gasteiger partial charge is 0.469 e. The van der Waals surface area contributed by atoms with Crippen molar-refractivity contribution in [3.05, 3.63) is 33.0 Å². The number of esters is 1. The number of ether oxygens (including phenoxy) is 1. The summed E-state index contributed by atoms with van der Waals surface area (Å²) < 4.78 is 18.1. The Balaban J connectivity index is 3.06. The molecule has 1 aromatic rings. The van der Waals surface area contributed by atoms with Gasteiger partial charge in [-0.25, -0.2) is 4.39 Å². The van der Waals surface area contributed by atoms with Crippen LogP contribution in [0.3, 0.4) is 0 Å². The number of carbonyl (C=O) groups is 1. The van der Waals surface area contributed by atoms with E-state index in [1.54, 1.807) is 0 Å². The fraction of sp³-hybridized carbons (Fsp3) is 0.222. The van der Waals surface area contributed by atoms with Crippen molar-refractivity contribution in [1.29, 1.82) is 0 Å². The zero-order valence-electron chi connectivity index (χ0n) is 7.31. The van der Waals surface area contributed by atoms with Gasteiger partial charge in [-0.3, -0.25) is 4.79 Å². The van der Waals surface area contributed by atoms with E-state index in [4.69, 9.17) is 11.6 Å². The molecule has 2 nitrogen and oxygen atoms in total. The van der Waals surface area contributed by atoms with Crippen LogP contribution in [0.1, 0.15) is 5.56 Å². The maximum atomic E-state index is 13.0. The third-order valence-electron chi connectivity index (χ3n) is 1.69. The number of methoxy groups -OCH3 is 1. The highest BCUT2D eigenvalue weighted by atomic mass is 79.9. The molecule has 76 valence electrons. The van der Waals surface area contributed by atoms with Gasteiger partial charge in [0.1, 0.15) is 5.82 Å². The van der Waals surface area contributed by atoms with Gasteiger partial charge in [-0.2, -0.15) is 0 Å². The van der Waals surface area contributed by atoms with Gasteiger partial charge in [0.2, 0.25) is 0 Å². The Kier molecular flexibility index (Phi) is 3.89. The van der Waals surface area contributed by atoms with Crippen LogP contribution in [0.25, 0.3) is 0 Å². The van der Waals surface area contributed by atoms with Gasteiger partial charge in [-0.15, -0.1) is 0 Å². The molecule has 0 saturated heterocycles. The lowest BCUT2D eigenvalue weighted by Crippen LogP contribution is -2.06. The Hall–Kier alpha value is -0.610. The molecular formula is C9H7BrClFO2. The minimum atomic E-state index is -0.547. The molecule has 0 aliphatic carbocycles. The first kappa shape index (κ1) is 11.5. The summed E-state index contributed by atoms with van der Waals surface area (Å²) in [6.45, 7) is 0. The molecular weight excluding hydrogens is 274 g/mol. The molecule has 0 heterocycles. The molecule has 0 saturated carbocycles. The predicted octanol–water partition coefficient (Wildman–Crippen LogP) is 2.96. The van der Waals surface area contributed by atoms with Gasteiger partial charge < -0.3 is 4.74 Å². The minimum Gasteiger partial charge on any atom is -0.469 e. The van der Waals surface area contributed by atoms with Gasteiger partial charge in [-0.1, -0.05) is 27.5 Å². The van der Waals surface area contributed by atoms with E-state index in [-0.39, 0.29) is 11.4 Å². The Bertz CT molecular complexity index is 368. The summed E-state index contributed by atoms with van der Waals surface area (Å²) in [6, 6.07) is 2.73. The molecule has 1 rings (SSSR count). The minimum absolute atomic E-state index is 0.0479. The average Bonchev–Trinajstić information content (AvgIpc) is 2.18. The molecule has 14 heavy (non-hydrogen) atoms. The normalized spacial score (nSPS) is 10.0. The molecule has 0 aliphatic rings. The Labute approximate surface area is 94.1 Å². The summed E-state index contributed by atoms with van der Waals surface area (Å²) in [7, 11) is 1.27. The van der Waals surface area contributed by atoms with E-state index < -0.39 is 11.8 Å². The molecule has 0 aliphatic heterocycles. The number of hydrogen-bond donors (Lipinski definition) is 0. The molecule has 0 bridgehead atoms. The third-order valence-corrected chi connectivity index (χ3v) is 2.84. The van der Waals surface area contributed by atoms with Crippen LogP contribution < -0.4 is 0 Å². The van der Waals surface area contributed by atoms with E-state index in [1.165, 1.54) is 19.2 Å². The quantitative estimate of drug-likeness (QED) is 0.615. The monoisotopic (exact) mass is 280 g/mol. The van der Waals surface area contributed by atoms with Gasteiger partial charge in [-0.05, 0) is 17.7 Å². The van der Waals surface area contributed by atoms with Crippen molar-refractivity contribution in [3.63, 3.8) is 0 Å². The number of halogens is 3. The number of hydrogen-bond acceptors (Lipinski definition) is 2. The Morgan fingerprint density at radius 3 is 2.86 bits per heavy atom. The lowest BCUT2D eigenvalue weighted by atomic mass is 10.1. The van der Waals surface area contributed by atoms with Crippen LogP contribution in [-0.2, 0) is 16.0 Å². The van der Waals surface area contributed by atoms with Crippen molar-refractivity contribution < 1.29 is 13.9 Å². The summed E-state index contributed by atoms with van der Waals surface area (Å²) in [4.78, 5) is 11.0. The first-order valence-electron chi connectivity index (χ1n) is 3.75. The lowest BCUT2D eigenvalue weighted by molar-refractivity contribution is -0.139. The van der Waals surface area contributed by atoms with Crippen molar-refractivity contribution in [2.45, 2.75) is 6.42 Å². The molecule has 1 aromatic carbocycles. The molecule has 0 fully saturated rings. The molecule has 5 heteroatoms. The summed E-state index contributed by atoms with van der Waals surface area (Å²) in [5, 5.41) is -0.0511. The van der Waals surface area contributed by atoms with Gasteiger partial charge in [0.15, 0.2) is 0 Å². The second kappa shape index (κ2) is 4.75.